The first-order valence-electron chi connectivity index (χ1n) is 11.5. The summed E-state index contributed by atoms with van der Waals surface area (Å²) in [6, 6.07) is 5.71. The van der Waals surface area contributed by atoms with E-state index in [2.05, 4.69) is 12.2 Å². The predicted molar refractivity (Wildman–Crippen MR) is 111 cm³/mol. The molecule has 7 rings (SSSR count). The maximum atomic E-state index is 13.1. The Balaban J connectivity index is 1.13. The van der Waals surface area contributed by atoms with Crippen molar-refractivity contribution in [3.8, 4) is 11.5 Å². The molecule has 1 saturated heterocycles. The SMILES string of the molecule is CC(NC(=O)C1CC(=O)N(c2ccc3c(c2)OCO3)C1)C12CC3CC(CC(C3)C1)C2. The molecule has 0 aromatic heterocycles. The Bertz CT molecular complexity index is 862. The van der Waals surface area contributed by atoms with Gasteiger partial charge in [0.2, 0.25) is 18.6 Å². The number of benzene rings is 1. The molecule has 4 aliphatic carbocycles. The van der Waals surface area contributed by atoms with E-state index in [1.54, 1.807) is 4.90 Å². The van der Waals surface area contributed by atoms with E-state index < -0.39 is 0 Å². The molecule has 1 aromatic carbocycles. The zero-order chi connectivity index (χ0) is 20.5. The van der Waals surface area contributed by atoms with Crippen LogP contribution in [0.5, 0.6) is 11.5 Å². The van der Waals surface area contributed by atoms with Gasteiger partial charge in [-0.15, -0.1) is 0 Å². The molecule has 1 N–H and O–H groups in total. The standard InChI is InChI=1S/C24H30N2O4/c1-14(24-9-15-4-16(10-24)6-17(5-15)11-24)25-23(28)18-7-22(27)26(12-18)19-2-3-20-21(8-19)30-13-29-20/h2-3,8,14-18H,4-7,9-13H2,1H3,(H,25,28). The minimum Gasteiger partial charge on any atom is -0.454 e. The van der Waals surface area contributed by atoms with Crippen LogP contribution >= 0.6 is 0 Å². The first kappa shape index (κ1) is 18.5. The number of hydrogen-bond donors (Lipinski definition) is 1. The third-order valence-electron chi connectivity index (χ3n) is 8.53. The van der Waals surface area contributed by atoms with Crippen LogP contribution in [0.2, 0.25) is 0 Å². The highest BCUT2D eigenvalue weighted by Crippen LogP contribution is 2.61. The lowest BCUT2D eigenvalue weighted by atomic mass is 9.48. The van der Waals surface area contributed by atoms with Gasteiger partial charge in [0.05, 0.1) is 5.92 Å². The lowest BCUT2D eigenvalue weighted by Gasteiger charge is -2.59. The van der Waals surface area contributed by atoms with Crippen molar-refractivity contribution in [1.82, 2.24) is 5.32 Å². The first-order valence-corrected chi connectivity index (χ1v) is 11.5. The Morgan fingerprint density at radius 2 is 1.77 bits per heavy atom. The van der Waals surface area contributed by atoms with Gasteiger partial charge in [-0.25, -0.2) is 0 Å². The molecular formula is C24H30N2O4. The summed E-state index contributed by atoms with van der Waals surface area (Å²) < 4.78 is 10.8. The zero-order valence-electron chi connectivity index (χ0n) is 17.6. The van der Waals surface area contributed by atoms with Gasteiger partial charge < -0.3 is 19.7 Å². The van der Waals surface area contributed by atoms with Crippen molar-refractivity contribution in [2.45, 2.75) is 57.9 Å². The molecule has 6 aliphatic rings. The second-order valence-corrected chi connectivity index (χ2v) is 10.5. The predicted octanol–water partition coefficient (Wildman–Crippen LogP) is 3.49. The molecule has 2 atom stereocenters. The Morgan fingerprint density at radius 3 is 2.47 bits per heavy atom. The number of carbonyl (C=O) groups is 2. The van der Waals surface area contributed by atoms with Gasteiger partial charge in [0.15, 0.2) is 11.5 Å². The number of rotatable bonds is 4. The van der Waals surface area contributed by atoms with Crippen LogP contribution in [0.4, 0.5) is 5.69 Å². The van der Waals surface area contributed by atoms with Crippen LogP contribution in [0.15, 0.2) is 18.2 Å². The van der Waals surface area contributed by atoms with Crippen molar-refractivity contribution in [2.24, 2.45) is 29.1 Å². The Labute approximate surface area is 177 Å². The molecule has 4 saturated carbocycles. The Hall–Kier alpha value is -2.24. The van der Waals surface area contributed by atoms with Crippen LogP contribution < -0.4 is 19.7 Å². The van der Waals surface area contributed by atoms with Crippen LogP contribution in [0.25, 0.3) is 0 Å². The Kier molecular flexibility index (Phi) is 4.09. The number of amides is 2. The van der Waals surface area contributed by atoms with Gasteiger partial charge in [0, 0.05) is 30.8 Å². The van der Waals surface area contributed by atoms with Crippen LogP contribution in [0.1, 0.15) is 51.9 Å². The van der Waals surface area contributed by atoms with Gasteiger partial charge in [0.1, 0.15) is 0 Å². The first-order chi connectivity index (χ1) is 14.5. The molecule has 2 amide bonds. The summed E-state index contributed by atoms with van der Waals surface area (Å²) in [6.07, 6.45) is 8.30. The van der Waals surface area contributed by atoms with E-state index in [0.29, 0.717) is 18.0 Å². The number of fused-ring (bicyclic) bond motifs is 1. The van der Waals surface area contributed by atoms with Gasteiger partial charge in [0.25, 0.3) is 0 Å². The van der Waals surface area contributed by atoms with E-state index in [1.807, 2.05) is 18.2 Å². The third-order valence-corrected chi connectivity index (χ3v) is 8.53. The fraction of sp³-hybridized carbons (Fsp3) is 0.667. The minimum atomic E-state index is -0.292. The van der Waals surface area contributed by atoms with Gasteiger partial charge in [-0.3, -0.25) is 9.59 Å². The summed E-state index contributed by atoms with van der Waals surface area (Å²) in [5.41, 5.74) is 1.05. The molecule has 4 bridgehead atoms. The highest BCUT2D eigenvalue weighted by Gasteiger charge is 2.53. The number of nitrogens with zero attached hydrogens (tertiary/aromatic N) is 1. The van der Waals surface area contributed by atoms with Gasteiger partial charge in [-0.05, 0) is 80.8 Å². The molecule has 6 heteroatoms. The fourth-order valence-corrected chi connectivity index (χ4v) is 7.38. The second-order valence-electron chi connectivity index (χ2n) is 10.5. The number of hydrogen-bond acceptors (Lipinski definition) is 4. The highest BCUT2D eigenvalue weighted by atomic mass is 16.7. The van der Waals surface area contributed by atoms with Crippen molar-refractivity contribution in [2.75, 3.05) is 18.2 Å². The molecule has 6 nitrogen and oxygen atoms in total. The molecule has 30 heavy (non-hydrogen) atoms. The lowest BCUT2D eigenvalue weighted by molar-refractivity contribution is -0.130. The van der Waals surface area contributed by atoms with Crippen molar-refractivity contribution in [1.29, 1.82) is 0 Å². The molecule has 1 aromatic rings. The molecule has 2 aliphatic heterocycles. The lowest BCUT2D eigenvalue weighted by Crippen LogP contribution is -2.56. The molecule has 2 heterocycles. The average molecular weight is 411 g/mol. The summed E-state index contributed by atoms with van der Waals surface area (Å²) >= 11 is 0. The van der Waals surface area contributed by atoms with Crippen molar-refractivity contribution in [3.05, 3.63) is 18.2 Å². The van der Waals surface area contributed by atoms with Crippen LogP contribution in [0.3, 0.4) is 0 Å². The van der Waals surface area contributed by atoms with E-state index in [0.717, 1.165) is 23.4 Å². The number of anilines is 1. The molecule has 160 valence electrons. The van der Waals surface area contributed by atoms with Gasteiger partial charge in [-0.2, -0.15) is 0 Å². The van der Waals surface area contributed by atoms with E-state index >= 15 is 0 Å². The molecule has 2 unspecified atom stereocenters. The molecule has 0 spiro atoms. The fourth-order valence-electron chi connectivity index (χ4n) is 7.38. The summed E-state index contributed by atoms with van der Waals surface area (Å²) in [4.78, 5) is 27.5. The summed E-state index contributed by atoms with van der Waals surface area (Å²) in [5.74, 6) is 3.69. The second kappa shape index (κ2) is 6.63. The highest BCUT2D eigenvalue weighted by molar-refractivity contribution is 6.00. The van der Waals surface area contributed by atoms with Crippen LogP contribution in [-0.2, 0) is 9.59 Å². The third kappa shape index (κ3) is 2.90. The summed E-state index contributed by atoms with van der Waals surface area (Å²) in [7, 11) is 0. The quantitative estimate of drug-likeness (QED) is 0.825. The summed E-state index contributed by atoms with van der Waals surface area (Å²) in [6.45, 7) is 2.84. The smallest absolute Gasteiger partial charge is 0.231 e. The summed E-state index contributed by atoms with van der Waals surface area (Å²) in [5, 5.41) is 3.35. The number of ether oxygens (including phenoxy) is 2. The van der Waals surface area contributed by atoms with Gasteiger partial charge in [-0.1, -0.05) is 0 Å². The number of nitrogens with one attached hydrogen (secondary N) is 1. The minimum absolute atomic E-state index is 0.00327. The van der Waals surface area contributed by atoms with Crippen molar-refractivity contribution >= 4 is 17.5 Å². The maximum Gasteiger partial charge on any atom is 0.231 e. The molecule has 0 radical (unpaired) electrons. The number of carbonyl (C=O) groups excluding carboxylic acids is 2. The molecular weight excluding hydrogens is 380 g/mol. The maximum absolute atomic E-state index is 13.1. The average Bonchev–Trinajstić information content (AvgIpc) is 3.32. The van der Waals surface area contributed by atoms with Crippen molar-refractivity contribution in [3.63, 3.8) is 0 Å². The Morgan fingerprint density at radius 1 is 1.10 bits per heavy atom. The van der Waals surface area contributed by atoms with Crippen LogP contribution in [-0.4, -0.2) is 31.2 Å². The normalized spacial score (nSPS) is 37.0. The van der Waals surface area contributed by atoms with E-state index in [1.165, 1.54) is 38.5 Å². The molecule has 5 fully saturated rings. The van der Waals surface area contributed by atoms with E-state index in [9.17, 15) is 9.59 Å². The van der Waals surface area contributed by atoms with E-state index in [-0.39, 0.29) is 42.4 Å². The van der Waals surface area contributed by atoms with Crippen molar-refractivity contribution < 1.29 is 19.1 Å². The van der Waals surface area contributed by atoms with E-state index in [4.69, 9.17) is 9.47 Å². The zero-order valence-corrected chi connectivity index (χ0v) is 17.6. The monoisotopic (exact) mass is 410 g/mol. The van der Waals surface area contributed by atoms with Gasteiger partial charge >= 0.3 is 0 Å². The topological polar surface area (TPSA) is 67.9 Å². The largest absolute Gasteiger partial charge is 0.454 e. The van der Waals surface area contributed by atoms with Crippen LogP contribution in [0, 0.1) is 29.1 Å².